The first kappa shape index (κ1) is 15.1. The predicted octanol–water partition coefficient (Wildman–Crippen LogP) is 4.25. The molecule has 21 heavy (non-hydrogen) atoms. The molecule has 0 saturated heterocycles. The number of anilines is 1. The van der Waals surface area contributed by atoms with Gasteiger partial charge >= 0.3 is 6.03 Å². The van der Waals surface area contributed by atoms with E-state index in [9.17, 15) is 4.79 Å². The molecule has 0 aliphatic carbocycles. The van der Waals surface area contributed by atoms with Gasteiger partial charge in [0.1, 0.15) is 5.75 Å². The van der Waals surface area contributed by atoms with Crippen molar-refractivity contribution >= 4 is 33.7 Å². The van der Waals surface area contributed by atoms with Crippen LogP contribution in [0.15, 0.2) is 59.2 Å². The van der Waals surface area contributed by atoms with Crippen LogP contribution in [0.25, 0.3) is 6.08 Å². The highest BCUT2D eigenvalue weighted by molar-refractivity contribution is 9.10. The van der Waals surface area contributed by atoms with E-state index < -0.39 is 0 Å². The summed E-state index contributed by atoms with van der Waals surface area (Å²) in [7, 11) is 1.58. The minimum atomic E-state index is -0.309. The molecule has 0 fully saturated rings. The minimum Gasteiger partial charge on any atom is -0.497 e. The summed E-state index contributed by atoms with van der Waals surface area (Å²) >= 11 is 3.37. The third kappa shape index (κ3) is 4.96. The van der Waals surface area contributed by atoms with E-state index in [0.29, 0.717) is 11.4 Å². The van der Waals surface area contributed by atoms with Gasteiger partial charge in [0.15, 0.2) is 0 Å². The molecule has 2 aromatic carbocycles. The Bertz CT molecular complexity index is 639. The van der Waals surface area contributed by atoms with E-state index in [4.69, 9.17) is 4.74 Å². The van der Waals surface area contributed by atoms with Crippen LogP contribution in [0, 0.1) is 0 Å². The highest BCUT2D eigenvalue weighted by atomic mass is 79.9. The topological polar surface area (TPSA) is 50.4 Å². The molecule has 0 saturated carbocycles. The second-order valence-electron chi connectivity index (χ2n) is 4.22. The maximum atomic E-state index is 11.7. The van der Waals surface area contributed by atoms with Crippen molar-refractivity contribution in [3.63, 3.8) is 0 Å². The van der Waals surface area contributed by atoms with Crippen molar-refractivity contribution in [2.75, 3.05) is 12.4 Å². The van der Waals surface area contributed by atoms with Gasteiger partial charge in [-0.25, -0.2) is 4.79 Å². The lowest BCUT2D eigenvalue weighted by molar-refractivity contribution is 0.255. The zero-order valence-corrected chi connectivity index (χ0v) is 13.1. The smallest absolute Gasteiger partial charge is 0.323 e. The van der Waals surface area contributed by atoms with Gasteiger partial charge in [-0.05, 0) is 35.9 Å². The zero-order valence-electron chi connectivity index (χ0n) is 11.5. The standard InChI is InChI=1S/C16H15BrN2O2/c1-21-15-4-2-3-14(11-15)19-16(20)18-10-9-12-5-7-13(17)8-6-12/h2-11H,1H3,(H2,18,19,20)/b10-9+. The van der Waals surface area contributed by atoms with Crippen molar-refractivity contribution in [2.24, 2.45) is 0 Å². The van der Waals surface area contributed by atoms with Crippen LogP contribution < -0.4 is 15.4 Å². The van der Waals surface area contributed by atoms with Gasteiger partial charge in [0.2, 0.25) is 0 Å². The van der Waals surface area contributed by atoms with Gasteiger partial charge in [0, 0.05) is 22.4 Å². The predicted molar refractivity (Wildman–Crippen MR) is 88.3 cm³/mol. The van der Waals surface area contributed by atoms with Crippen LogP contribution >= 0.6 is 15.9 Å². The Morgan fingerprint density at radius 1 is 1.19 bits per heavy atom. The van der Waals surface area contributed by atoms with Crippen LogP contribution in [0.4, 0.5) is 10.5 Å². The SMILES string of the molecule is COc1cccc(NC(=O)N/C=C/c2ccc(Br)cc2)c1. The molecular weight excluding hydrogens is 332 g/mol. The number of hydrogen-bond donors (Lipinski definition) is 2. The molecule has 0 aromatic heterocycles. The van der Waals surface area contributed by atoms with E-state index in [1.165, 1.54) is 0 Å². The quantitative estimate of drug-likeness (QED) is 0.869. The lowest BCUT2D eigenvalue weighted by atomic mass is 10.2. The summed E-state index contributed by atoms with van der Waals surface area (Å²) in [6.07, 6.45) is 3.41. The van der Waals surface area contributed by atoms with Crippen molar-refractivity contribution < 1.29 is 9.53 Å². The molecule has 0 unspecified atom stereocenters. The van der Waals surface area contributed by atoms with Crippen molar-refractivity contribution in [2.45, 2.75) is 0 Å². The van der Waals surface area contributed by atoms with E-state index in [0.717, 1.165) is 10.0 Å². The molecule has 5 heteroatoms. The zero-order chi connectivity index (χ0) is 15.1. The Balaban J connectivity index is 1.88. The van der Waals surface area contributed by atoms with Crippen molar-refractivity contribution in [3.8, 4) is 5.75 Å². The average molecular weight is 347 g/mol. The highest BCUT2D eigenvalue weighted by Crippen LogP contribution is 2.16. The monoisotopic (exact) mass is 346 g/mol. The maximum absolute atomic E-state index is 11.7. The number of ether oxygens (including phenoxy) is 1. The molecule has 0 atom stereocenters. The van der Waals surface area contributed by atoms with E-state index >= 15 is 0 Å². The molecule has 4 nitrogen and oxygen atoms in total. The van der Waals surface area contributed by atoms with Crippen LogP contribution in [0.2, 0.25) is 0 Å². The Kier molecular flexibility index (Phi) is 5.40. The summed E-state index contributed by atoms with van der Waals surface area (Å²) in [6, 6.07) is 14.6. The van der Waals surface area contributed by atoms with Crippen LogP contribution in [0.3, 0.4) is 0 Å². The number of halogens is 1. The number of carbonyl (C=O) groups excluding carboxylic acids is 1. The molecule has 108 valence electrons. The van der Waals surface area contributed by atoms with E-state index in [1.807, 2.05) is 42.5 Å². The number of rotatable bonds is 4. The molecular formula is C16H15BrN2O2. The van der Waals surface area contributed by atoms with Crippen molar-refractivity contribution in [1.82, 2.24) is 5.32 Å². The molecule has 0 aliphatic rings. The molecule has 0 heterocycles. The van der Waals surface area contributed by atoms with Gasteiger partial charge < -0.3 is 15.4 Å². The highest BCUT2D eigenvalue weighted by Gasteiger charge is 2.00. The second-order valence-corrected chi connectivity index (χ2v) is 5.13. The van der Waals surface area contributed by atoms with Gasteiger partial charge in [-0.1, -0.05) is 34.1 Å². The Hall–Kier alpha value is -2.27. The summed E-state index contributed by atoms with van der Waals surface area (Å²) in [5.41, 5.74) is 1.67. The van der Waals surface area contributed by atoms with Crippen LogP contribution in [-0.2, 0) is 0 Å². The molecule has 2 rings (SSSR count). The van der Waals surface area contributed by atoms with Crippen molar-refractivity contribution in [3.05, 3.63) is 64.8 Å². The Morgan fingerprint density at radius 3 is 2.67 bits per heavy atom. The van der Waals surface area contributed by atoms with Crippen LogP contribution in [0.1, 0.15) is 5.56 Å². The number of benzene rings is 2. The van der Waals surface area contributed by atoms with E-state index in [1.54, 1.807) is 25.4 Å². The lowest BCUT2D eigenvalue weighted by Crippen LogP contribution is -2.23. The fraction of sp³-hybridized carbons (Fsp3) is 0.0625. The number of urea groups is 1. The summed E-state index contributed by atoms with van der Waals surface area (Å²) in [6.45, 7) is 0. The Labute approximate surface area is 132 Å². The number of amides is 2. The molecule has 0 bridgehead atoms. The van der Waals surface area contributed by atoms with E-state index in [2.05, 4.69) is 26.6 Å². The van der Waals surface area contributed by atoms with Crippen molar-refractivity contribution in [1.29, 1.82) is 0 Å². The largest absolute Gasteiger partial charge is 0.497 e. The van der Waals surface area contributed by atoms with Crippen LogP contribution in [0.5, 0.6) is 5.75 Å². The lowest BCUT2D eigenvalue weighted by Gasteiger charge is -2.06. The summed E-state index contributed by atoms with van der Waals surface area (Å²) in [5.74, 6) is 0.693. The average Bonchev–Trinajstić information content (AvgIpc) is 2.49. The first-order valence-electron chi connectivity index (χ1n) is 6.31. The first-order chi connectivity index (χ1) is 10.2. The van der Waals surface area contributed by atoms with E-state index in [-0.39, 0.29) is 6.03 Å². The first-order valence-corrected chi connectivity index (χ1v) is 7.10. The number of nitrogens with one attached hydrogen (secondary N) is 2. The van der Waals surface area contributed by atoms with Gasteiger partial charge in [-0.15, -0.1) is 0 Å². The molecule has 0 radical (unpaired) electrons. The summed E-state index contributed by atoms with van der Waals surface area (Å²) < 4.78 is 6.11. The second kappa shape index (κ2) is 7.50. The molecule has 2 aromatic rings. The minimum absolute atomic E-state index is 0.309. The van der Waals surface area contributed by atoms with Crippen LogP contribution in [-0.4, -0.2) is 13.1 Å². The molecule has 0 spiro atoms. The molecule has 2 N–H and O–H groups in total. The van der Waals surface area contributed by atoms with Gasteiger partial charge in [0.05, 0.1) is 7.11 Å². The summed E-state index contributed by atoms with van der Waals surface area (Å²) in [4.78, 5) is 11.7. The normalized spacial score (nSPS) is 10.4. The third-order valence-corrected chi connectivity index (χ3v) is 3.22. The summed E-state index contributed by atoms with van der Waals surface area (Å²) in [5, 5.41) is 5.37. The molecule has 2 amide bonds. The number of hydrogen-bond acceptors (Lipinski definition) is 2. The maximum Gasteiger partial charge on any atom is 0.323 e. The number of methoxy groups -OCH3 is 1. The van der Waals surface area contributed by atoms with Gasteiger partial charge in [0.25, 0.3) is 0 Å². The molecule has 0 aliphatic heterocycles. The Morgan fingerprint density at radius 2 is 1.95 bits per heavy atom. The number of carbonyl (C=O) groups is 1. The fourth-order valence-electron chi connectivity index (χ4n) is 1.66. The fourth-order valence-corrected chi connectivity index (χ4v) is 1.92. The van der Waals surface area contributed by atoms with Gasteiger partial charge in [-0.2, -0.15) is 0 Å². The third-order valence-electron chi connectivity index (χ3n) is 2.69. The van der Waals surface area contributed by atoms with Gasteiger partial charge in [-0.3, -0.25) is 0 Å².